The van der Waals surface area contributed by atoms with Crippen LogP contribution in [0, 0.1) is 0 Å². The Bertz CT molecular complexity index is 3380. The van der Waals surface area contributed by atoms with Gasteiger partial charge in [-0.3, -0.25) is 9.25 Å². The van der Waals surface area contributed by atoms with Crippen LogP contribution in [0.25, 0.3) is 11.2 Å². The number of hydrogen-bond acceptors (Lipinski definition) is 7. The number of benzene rings is 8. The summed E-state index contributed by atoms with van der Waals surface area (Å²) in [6.45, 7) is 1.76. The van der Waals surface area contributed by atoms with Crippen molar-refractivity contribution >= 4 is 17.0 Å². The molecule has 0 aliphatic heterocycles. The summed E-state index contributed by atoms with van der Waals surface area (Å²) in [5.74, 6) is 0.658. The number of aliphatic hydroxyl groups excluding tert-OH is 1. The van der Waals surface area contributed by atoms with Crippen LogP contribution in [0.5, 0.6) is 5.75 Å². The Hall–Kier alpha value is -8.89. The third-order valence-electron chi connectivity index (χ3n) is 14.2. The normalized spacial score (nSPS) is 12.2. The Morgan fingerprint density at radius 3 is 1.59 bits per heavy atom. The van der Waals surface area contributed by atoms with Crippen LogP contribution >= 0.6 is 0 Å². The van der Waals surface area contributed by atoms with E-state index in [0.29, 0.717) is 37.5 Å². The number of rotatable bonds is 19. The van der Waals surface area contributed by atoms with E-state index < -0.39 is 11.1 Å². The quantitative estimate of drug-likeness (QED) is 0.0472. The number of phenolic OH excluding ortho intramolecular Hbond substituents is 1. The third kappa shape index (κ3) is 9.38. The molecule has 11 aromatic rings. The predicted octanol–water partition coefficient (Wildman–Crippen LogP) is 12.4. The van der Waals surface area contributed by atoms with E-state index in [1.54, 1.807) is 12.1 Å². The van der Waals surface area contributed by atoms with Crippen molar-refractivity contribution in [1.82, 2.24) is 29.6 Å². The van der Waals surface area contributed by atoms with Crippen molar-refractivity contribution in [1.29, 1.82) is 0 Å². The molecular weight excluding hydrogens is 911 g/mol. The number of nitrogens with zero attached hydrogens (tertiary/aromatic N) is 5. The van der Waals surface area contributed by atoms with E-state index in [4.69, 9.17) is 15.1 Å². The zero-order chi connectivity index (χ0) is 50.2. The summed E-state index contributed by atoms with van der Waals surface area (Å²) < 4.78 is 4.22. The molecule has 0 radical (unpaired) electrons. The summed E-state index contributed by atoms with van der Waals surface area (Å²) >= 11 is 0. The lowest BCUT2D eigenvalue weighted by Gasteiger charge is -2.38. The molecule has 0 spiro atoms. The number of pyridine rings is 1. The van der Waals surface area contributed by atoms with Gasteiger partial charge in [0.2, 0.25) is 0 Å². The minimum atomic E-state index is -0.914. The lowest BCUT2D eigenvalue weighted by molar-refractivity contribution is 0.281. The highest BCUT2D eigenvalue weighted by Gasteiger charge is 2.42. The molecule has 0 saturated carbocycles. The van der Waals surface area contributed by atoms with Crippen LogP contribution in [0.1, 0.15) is 73.5 Å². The molecule has 0 saturated heterocycles. The number of aromatic nitrogens is 5. The highest BCUT2D eigenvalue weighted by Crippen LogP contribution is 2.46. The summed E-state index contributed by atoms with van der Waals surface area (Å²) in [7, 11) is 0. The highest BCUT2D eigenvalue weighted by molar-refractivity contribution is 5.81. The number of phenols is 1. The van der Waals surface area contributed by atoms with Gasteiger partial charge in [-0.15, -0.1) is 0 Å². The summed E-state index contributed by atoms with van der Waals surface area (Å²) in [4.78, 5) is 11.3. The van der Waals surface area contributed by atoms with E-state index >= 15 is 0 Å². The van der Waals surface area contributed by atoms with E-state index in [2.05, 4.69) is 216 Å². The monoisotopic (exact) mass is 967 g/mol. The molecule has 1 unspecified atom stereocenters. The van der Waals surface area contributed by atoms with Crippen LogP contribution in [-0.4, -0.2) is 41.1 Å². The Labute approximate surface area is 432 Å². The van der Waals surface area contributed by atoms with Crippen LogP contribution in [0.4, 0.5) is 5.82 Å². The van der Waals surface area contributed by atoms with E-state index in [9.17, 15) is 10.2 Å². The largest absolute Gasteiger partial charge is 0.508 e. The van der Waals surface area contributed by atoms with Gasteiger partial charge in [-0.05, 0) is 92.4 Å². The van der Waals surface area contributed by atoms with Gasteiger partial charge in [0.05, 0.1) is 25.7 Å². The molecule has 8 aromatic carbocycles. The topological polar surface area (TPSA) is 113 Å². The first kappa shape index (κ1) is 47.4. The molecule has 364 valence electrons. The van der Waals surface area contributed by atoms with Crippen LogP contribution in [0.3, 0.4) is 0 Å². The summed E-state index contributed by atoms with van der Waals surface area (Å²) in [6.07, 6.45) is 6.76. The van der Waals surface area contributed by atoms with Gasteiger partial charge >= 0.3 is 0 Å². The first-order valence-corrected chi connectivity index (χ1v) is 25.2. The average Bonchev–Trinajstić information content (AvgIpc) is 4.12. The Morgan fingerprint density at radius 2 is 1.05 bits per heavy atom. The zero-order valence-electron chi connectivity index (χ0n) is 41.0. The van der Waals surface area contributed by atoms with Crippen LogP contribution in [0.15, 0.2) is 255 Å². The van der Waals surface area contributed by atoms with Gasteiger partial charge in [0.15, 0.2) is 5.65 Å². The fourth-order valence-electron chi connectivity index (χ4n) is 10.8. The van der Waals surface area contributed by atoms with Gasteiger partial charge in [-0.2, -0.15) is 5.10 Å². The molecule has 74 heavy (non-hydrogen) atoms. The minimum absolute atomic E-state index is 0.0102. The SMILES string of the molecule is OCc1cccc(CNCCC(c2cnn(Cc3cccc(O)c3)c2)c2cc(NC(c3ccccc3)(c3ccccc3)c3ccccc3)nc3c2ncn3C(c2ccccc2)(c2ccccc2)c2ccccc2)c1. The predicted molar refractivity (Wildman–Crippen MR) is 295 cm³/mol. The van der Waals surface area contributed by atoms with Crippen molar-refractivity contribution in [2.24, 2.45) is 0 Å². The smallest absolute Gasteiger partial charge is 0.163 e. The van der Waals surface area contributed by atoms with Crippen LogP contribution in [-0.2, 0) is 30.8 Å². The minimum Gasteiger partial charge on any atom is -0.508 e. The van der Waals surface area contributed by atoms with Crippen molar-refractivity contribution in [3.8, 4) is 5.75 Å². The van der Waals surface area contributed by atoms with Crippen molar-refractivity contribution in [3.63, 3.8) is 0 Å². The second-order valence-corrected chi connectivity index (χ2v) is 18.8. The summed E-state index contributed by atoms with van der Waals surface area (Å²) in [5.41, 5.74) is 10.9. The Morgan fingerprint density at radius 1 is 0.541 bits per heavy atom. The number of nitrogens with one attached hydrogen (secondary N) is 2. The van der Waals surface area contributed by atoms with Crippen molar-refractivity contribution < 1.29 is 10.2 Å². The number of aromatic hydroxyl groups is 1. The molecule has 9 nitrogen and oxygen atoms in total. The molecule has 3 heterocycles. The van der Waals surface area contributed by atoms with Gasteiger partial charge in [-0.25, -0.2) is 9.97 Å². The van der Waals surface area contributed by atoms with Gasteiger partial charge in [0.25, 0.3) is 0 Å². The first-order chi connectivity index (χ1) is 36.5. The summed E-state index contributed by atoms with van der Waals surface area (Å²) in [6, 6.07) is 81.5. The maximum atomic E-state index is 10.4. The zero-order valence-corrected chi connectivity index (χ0v) is 41.0. The molecule has 0 aliphatic rings. The third-order valence-corrected chi connectivity index (χ3v) is 14.2. The van der Waals surface area contributed by atoms with Crippen LogP contribution in [0.2, 0.25) is 0 Å². The summed E-state index contributed by atoms with van der Waals surface area (Å²) in [5, 5.41) is 33.2. The van der Waals surface area contributed by atoms with Crippen molar-refractivity contribution in [2.45, 2.75) is 43.1 Å². The second-order valence-electron chi connectivity index (χ2n) is 18.8. The Balaban J connectivity index is 1.17. The number of imidazole rings is 1. The van der Waals surface area contributed by atoms with E-state index in [0.717, 1.165) is 66.7 Å². The number of aliphatic hydroxyl groups is 1. The van der Waals surface area contributed by atoms with Crippen molar-refractivity contribution in [3.05, 3.63) is 317 Å². The van der Waals surface area contributed by atoms with Gasteiger partial charge in [-0.1, -0.05) is 218 Å². The maximum absolute atomic E-state index is 10.4. The van der Waals surface area contributed by atoms with E-state index in [-0.39, 0.29) is 18.3 Å². The fourth-order valence-corrected chi connectivity index (χ4v) is 10.8. The van der Waals surface area contributed by atoms with Gasteiger partial charge in [0, 0.05) is 18.7 Å². The van der Waals surface area contributed by atoms with Gasteiger partial charge in [0.1, 0.15) is 28.2 Å². The molecule has 3 aromatic heterocycles. The van der Waals surface area contributed by atoms with E-state index in [1.165, 1.54) is 0 Å². The van der Waals surface area contributed by atoms with E-state index in [1.807, 2.05) is 47.5 Å². The molecular formula is C65H57N7O2. The van der Waals surface area contributed by atoms with Gasteiger partial charge < -0.3 is 20.8 Å². The molecule has 0 amide bonds. The molecule has 4 N–H and O–H groups in total. The molecule has 0 aliphatic carbocycles. The fraction of sp³-hybridized carbons (Fsp3) is 0.123. The first-order valence-electron chi connectivity index (χ1n) is 25.2. The molecule has 9 heteroatoms. The standard InChI is InChI=1S/C65H57N7O2/c73-46-50-23-19-21-48(39-50)42-66-38-37-59(51-43-68-71(45-51)44-49-22-20-36-58(74)40-49)60-41-61(70-64(52-24-7-1-8-25-52,53-26-9-2-10-27-53)54-28-11-3-12-29-54)69-63-62(60)67-47-72(63)65(55-30-13-4-14-31-55,56-32-15-5-16-33-56)57-34-17-6-18-35-57/h1-36,39-41,43,45,47,59,66,73-74H,37-38,42,44,46H2,(H,69,70). The maximum Gasteiger partial charge on any atom is 0.163 e. The van der Waals surface area contributed by atoms with Crippen LogP contribution < -0.4 is 10.6 Å². The second kappa shape index (κ2) is 21.4. The molecule has 1 atom stereocenters. The molecule has 0 fully saturated rings. The number of fused-ring (bicyclic) bond motifs is 1. The van der Waals surface area contributed by atoms with Crippen molar-refractivity contribution in [2.75, 3.05) is 11.9 Å². The lowest BCUT2D eigenvalue weighted by atomic mass is 9.76. The lowest BCUT2D eigenvalue weighted by Crippen LogP contribution is -2.39. The highest BCUT2D eigenvalue weighted by atomic mass is 16.3. The molecule has 0 bridgehead atoms. The molecule has 11 rings (SSSR count). The Kier molecular flexibility index (Phi) is 13.7. The number of hydrogen-bond donors (Lipinski definition) is 4. The average molecular weight is 968 g/mol. The number of anilines is 1.